The van der Waals surface area contributed by atoms with E-state index in [-0.39, 0.29) is 6.42 Å². The van der Waals surface area contributed by atoms with Gasteiger partial charge in [-0.15, -0.1) is 10.2 Å². The molecular formula is C16H26N6O3S. The smallest absolute Gasteiger partial charge is 0.321 e. The third-order valence-corrected chi connectivity index (χ3v) is 4.73. The molecule has 1 aromatic rings. The Hall–Kier alpha value is -2.10. The summed E-state index contributed by atoms with van der Waals surface area (Å²) in [5.41, 5.74) is 4.81. The summed E-state index contributed by atoms with van der Waals surface area (Å²) in [5.74, 6) is 0.355. The quantitative estimate of drug-likeness (QED) is 0.606. The van der Waals surface area contributed by atoms with Gasteiger partial charge in [-0.2, -0.15) is 0 Å². The number of carbonyl (C=O) groups excluding carboxylic acids is 3. The maximum Gasteiger partial charge on any atom is 0.321 e. The summed E-state index contributed by atoms with van der Waals surface area (Å²) in [6.07, 6.45) is 2.27. The maximum absolute atomic E-state index is 12.2. The summed E-state index contributed by atoms with van der Waals surface area (Å²) < 4.78 is 1.85. The molecule has 0 aromatic carbocycles. The Morgan fingerprint density at radius 1 is 1.31 bits per heavy atom. The zero-order valence-electron chi connectivity index (χ0n) is 15.5. The highest BCUT2D eigenvalue weighted by Crippen LogP contribution is 2.40. The number of rotatable bonds is 7. The van der Waals surface area contributed by atoms with Crippen LogP contribution in [0.3, 0.4) is 0 Å². The van der Waals surface area contributed by atoms with Crippen LogP contribution in [-0.4, -0.2) is 43.4 Å². The average Bonchev–Trinajstić information content (AvgIpc) is 3.25. The molecule has 1 aliphatic carbocycles. The van der Waals surface area contributed by atoms with E-state index in [9.17, 15) is 14.4 Å². The van der Waals surface area contributed by atoms with Gasteiger partial charge in [-0.1, -0.05) is 11.8 Å². The number of hydrogen-bond acceptors (Lipinski definition) is 6. The fourth-order valence-electron chi connectivity index (χ4n) is 2.26. The molecule has 1 unspecified atom stereocenters. The largest absolute Gasteiger partial charge is 0.370 e. The van der Waals surface area contributed by atoms with Crippen molar-refractivity contribution in [2.75, 3.05) is 0 Å². The second-order valence-electron chi connectivity index (χ2n) is 7.44. The number of imide groups is 1. The summed E-state index contributed by atoms with van der Waals surface area (Å²) in [4.78, 5) is 35.2. The van der Waals surface area contributed by atoms with Crippen molar-refractivity contribution in [3.63, 3.8) is 0 Å². The summed E-state index contributed by atoms with van der Waals surface area (Å²) >= 11 is 1.20. The number of nitrogens with zero attached hydrogens (tertiary/aromatic N) is 3. The van der Waals surface area contributed by atoms with Gasteiger partial charge in [0.05, 0.1) is 5.25 Å². The van der Waals surface area contributed by atoms with E-state index < -0.39 is 28.6 Å². The van der Waals surface area contributed by atoms with Crippen LogP contribution in [0.4, 0.5) is 4.79 Å². The van der Waals surface area contributed by atoms with E-state index in [4.69, 9.17) is 5.73 Å². The predicted molar refractivity (Wildman–Crippen MR) is 97.6 cm³/mol. The second kappa shape index (κ2) is 8.07. The van der Waals surface area contributed by atoms with Gasteiger partial charge in [0.1, 0.15) is 5.82 Å². The van der Waals surface area contributed by atoms with Crippen LogP contribution in [0.1, 0.15) is 58.7 Å². The Kier molecular flexibility index (Phi) is 6.27. The fraction of sp³-hybridized carbons (Fsp3) is 0.688. The minimum Gasteiger partial charge on any atom is -0.370 e. The van der Waals surface area contributed by atoms with Gasteiger partial charge in [0.2, 0.25) is 11.8 Å². The van der Waals surface area contributed by atoms with E-state index in [0.717, 1.165) is 18.7 Å². The molecule has 1 aromatic heterocycles. The van der Waals surface area contributed by atoms with Crippen molar-refractivity contribution >= 4 is 29.6 Å². The maximum atomic E-state index is 12.2. The zero-order valence-corrected chi connectivity index (χ0v) is 16.4. The van der Waals surface area contributed by atoms with Gasteiger partial charge < -0.3 is 15.6 Å². The van der Waals surface area contributed by atoms with Crippen LogP contribution in [0, 0.1) is 0 Å². The van der Waals surface area contributed by atoms with Crippen LogP contribution in [-0.2, 0) is 16.1 Å². The number of primary amides is 1. The van der Waals surface area contributed by atoms with Crippen LogP contribution in [0.25, 0.3) is 0 Å². The molecule has 144 valence electrons. The molecule has 0 aliphatic heterocycles. The highest BCUT2D eigenvalue weighted by atomic mass is 32.2. The lowest BCUT2D eigenvalue weighted by atomic mass is 10.1. The molecule has 1 saturated carbocycles. The fourth-order valence-corrected chi connectivity index (χ4v) is 3.14. The number of nitrogens with two attached hydrogens (primary N) is 1. The Morgan fingerprint density at radius 2 is 1.96 bits per heavy atom. The molecule has 10 heteroatoms. The molecule has 1 fully saturated rings. The van der Waals surface area contributed by atoms with E-state index in [1.165, 1.54) is 11.8 Å². The Labute approximate surface area is 156 Å². The van der Waals surface area contributed by atoms with E-state index >= 15 is 0 Å². The van der Waals surface area contributed by atoms with Crippen LogP contribution in [0.2, 0.25) is 0 Å². The van der Waals surface area contributed by atoms with Gasteiger partial charge in [0.15, 0.2) is 5.16 Å². The lowest BCUT2D eigenvalue weighted by molar-refractivity contribution is -0.119. The van der Waals surface area contributed by atoms with Gasteiger partial charge in [0, 0.05) is 24.4 Å². The molecule has 0 radical (unpaired) electrons. The van der Waals surface area contributed by atoms with E-state index in [1.54, 1.807) is 6.92 Å². The number of thioether (sulfide) groups is 1. The Bertz CT molecular complexity index is 693. The number of nitrogens with one attached hydrogen (secondary N) is 2. The number of carbonyl (C=O) groups is 3. The minimum absolute atomic E-state index is 0.180. The standard InChI is InChI=1S/C16H26N6O3S/c1-9(13(24)18-14(25)19-16(2,3)4)26-15-21-20-12(10-5-6-10)22(15)8-7-11(17)23/h9-10H,5-8H2,1-4H3,(H2,17,23)(H2,18,19,24,25). The zero-order chi connectivity index (χ0) is 19.5. The first-order chi connectivity index (χ1) is 12.1. The lowest BCUT2D eigenvalue weighted by Gasteiger charge is -2.21. The van der Waals surface area contributed by atoms with Crippen LogP contribution < -0.4 is 16.4 Å². The van der Waals surface area contributed by atoms with Crippen LogP contribution in [0.5, 0.6) is 0 Å². The number of hydrogen-bond donors (Lipinski definition) is 3. The first-order valence-electron chi connectivity index (χ1n) is 8.58. The van der Waals surface area contributed by atoms with E-state index in [1.807, 2.05) is 25.3 Å². The predicted octanol–water partition coefficient (Wildman–Crippen LogP) is 1.14. The normalized spacial score (nSPS) is 15.4. The molecule has 0 spiro atoms. The third-order valence-electron chi connectivity index (χ3n) is 3.65. The van der Waals surface area contributed by atoms with Crippen LogP contribution >= 0.6 is 11.8 Å². The van der Waals surface area contributed by atoms with E-state index in [2.05, 4.69) is 20.8 Å². The van der Waals surface area contributed by atoms with Gasteiger partial charge >= 0.3 is 6.03 Å². The molecule has 1 heterocycles. The van der Waals surface area contributed by atoms with Gasteiger partial charge in [-0.05, 0) is 40.5 Å². The number of amides is 4. The van der Waals surface area contributed by atoms with Crippen molar-refractivity contribution in [3.05, 3.63) is 5.82 Å². The minimum atomic E-state index is -0.552. The second-order valence-corrected chi connectivity index (χ2v) is 8.74. The molecule has 1 aliphatic rings. The van der Waals surface area contributed by atoms with Crippen molar-refractivity contribution in [2.45, 2.75) is 75.4 Å². The van der Waals surface area contributed by atoms with Gasteiger partial charge in [-0.3, -0.25) is 14.9 Å². The summed E-state index contributed by atoms with van der Waals surface area (Å²) in [6.45, 7) is 7.56. The third kappa shape index (κ3) is 6.01. The topological polar surface area (TPSA) is 132 Å². The van der Waals surface area contributed by atoms with Crippen molar-refractivity contribution < 1.29 is 14.4 Å². The van der Waals surface area contributed by atoms with Crippen molar-refractivity contribution in [2.24, 2.45) is 5.73 Å². The molecule has 4 amide bonds. The molecular weight excluding hydrogens is 356 g/mol. The monoisotopic (exact) mass is 382 g/mol. The lowest BCUT2D eigenvalue weighted by Crippen LogP contribution is -2.49. The molecule has 4 N–H and O–H groups in total. The molecule has 0 bridgehead atoms. The SMILES string of the molecule is CC(Sc1nnc(C2CC2)n1CCC(N)=O)C(=O)NC(=O)NC(C)(C)C. The van der Waals surface area contributed by atoms with Crippen molar-refractivity contribution in [3.8, 4) is 0 Å². The molecule has 26 heavy (non-hydrogen) atoms. The first-order valence-corrected chi connectivity index (χ1v) is 9.46. The molecule has 9 nitrogen and oxygen atoms in total. The molecule has 1 atom stereocenters. The van der Waals surface area contributed by atoms with Gasteiger partial charge in [-0.25, -0.2) is 4.79 Å². The average molecular weight is 382 g/mol. The summed E-state index contributed by atoms with van der Waals surface area (Å²) in [7, 11) is 0. The van der Waals surface area contributed by atoms with Gasteiger partial charge in [0.25, 0.3) is 0 Å². The molecule has 0 saturated heterocycles. The summed E-state index contributed by atoms with van der Waals surface area (Å²) in [5, 5.41) is 13.4. The van der Waals surface area contributed by atoms with Crippen molar-refractivity contribution in [1.82, 2.24) is 25.4 Å². The van der Waals surface area contributed by atoms with Crippen LogP contribution in [0.15, 0.2) is 5.16 Å². The summed E-state index contributed by atoms with van der Waals surface area (Å²) in [6, 6.07) is -0.538. The molecule has 2 rings (SSSR count). The van der Waals surface area contributed by atoms with Crippen molar-refractivity contribution in [1.29, 1.82) is 0 Å². The Balaban J connectivity index is 2.01. The Morgan fingerprint density at radius 3 is 2.50 bits per heavy atom. The first kappa shape index (κ1) is 20.2. The van der Waals surface area contributed by atoms with E-state index in [0.29, 0.717) is 17.6 Å². The number of aromatic nitrogens is 3. The number of urea groups is 1. The highest BCUT2D eigenvalue weighted by Gasteiger charge is 2.31. The highest BCUT2D eigenvalue weighted by molar-refractivity contribution is 8.00.